The molecule has 1 aliphatic rings. The van der Waals surface area contributed by atoms with Gasteiger partial charge in [0.25, 0.3) is 0 Å². The highest BCUT2D eigenvalue weighted by Gasteiger charge is 2.17. The Labute approximate surface area is 109 Å². The molecule has 1 unspecified atom stereocenters. The summed E-state index contributed by atoms with van der Waals surface area (Å²) in [6.07, 6.45) is 1.77. The lowest BCUT2D eigenvalue weighted by molar-refractivity contribution is 0.234. The van der Waals surface area contributed by atoms with Crippen molar-refractivity contribution in [2.45, 2.75) is 19.8 Å². The molecule has 1 heterocycles. The third-order valence-electron chi connectivity index (χ3n) is 3.39. The Bertz CT molecular complexity index is 407. The SMILES string of the molecule is CC1CCN(CCOc2ccc(CC#N)cc2)C1. The lowest BCUT2D eigenvalue weighted by Crippen LogP contribution is -2.25. The number of rotatable bonds is 5. The van der Waals surface area contributed by atoms with E-state index in [2.05, 4.69) is 17.9 Å². The van der Waals surface area contributed by atoms with E-state index >= 15 is 0 Å². The average molecular weight is 244 g/mol. The van der Waals surface area contributed by atoms with Gasteiger partial charge in [-0.2, -0.15) is 5.26 Å². The van der Waals surface area contributed by atoms with Gasteiger partial charge in [-0.05, 0) is 36.6 Å². The van der Waals surface area contributed by atoms with Crippen LogP contribution in [0.3, 0.4) is 0 Å². The van der Waals surface area contributed by atoms with E-state index in [1.807, 2.05) is 24.3 Å². The molecule has 1 aliphatic heterocycles. The number of nitrogens with zero attached hydrogens (tertiary/aromatic N) is 2. The van der Waals surface area contributed by atoms with Gasteiger partial charge in [0.1, 0.15) is 12.4 Å². The van der Waals surface area contributed by atoms with Crippen LogP contribution in [-0.4, -0.2) is 31.1 Å². The quantitative estimate of drug-likeness (QED) is 0.798. The van der Waals surface area contributed by atoms with Crippen LogP contribution in [0.25, 0.3) is 0 Å². The maximum atomic E-state index is 8.59. The molecule has 0 spiro atoms. The van der Waals surface area contributed by atoms with Gasteiger partial charge in [-0.25, -0.2) is 0 Å². The van der Waals surface area contributed by atoms with Crippen molar-refractivity contribution in [3.05, 3.63) is 29.8 Å². The molecule has 0 radical (unpaired) electrons. The first kappa shape index (κ1) is 12.9. The summed E-state index contributed by atoms with van der Waals surface area (Å²) in [6.45, 7) is 6.44. The van der Waals surface area contributed by atoms with Crippen LogP contribution in [0.15, 0.2) is 24.3 Å². The van der Waals surface area contributed by atoms with Crippen LogP contribution in [0.4, 0.5) is 0 Å². The fourth-order valence-electron chi connectivity index (χ4n) is 2.32. The van der Waals surface area contributed by atoms with Gasteiger partial charge >= 0.3 is 0 Å². The minimum absolute atomic E-state index is 0.464. The monoisotopic (exact) mass is 244 g/mol. The topological polar surface area (TPSA) is 36.3 Å². The summed E-state index contributed by atoms with van der Waals surface area (Å²) in [6, 6.07) is 9.94. The highest BCUT2D eigenvalue weighted by atomic mass is 16.5. The molecule has 18 heavy (non-hydrogen) atoms. The zero-order chi connectivity index (χ0) is 12.8. The molecule has 0 saturated carbocycles. The van der Waals surface area contributed by atoms with Gasteiger partial charge in [0.15, 0.2) is 0 Å². The lowest BCUT2D eigenvalue weighted by Gasteiger charge is -2.15. The molecule has 3 nitrogen and oxygen atoms in total. The number of likely N-dealkylation sites (tertiary alicyclic amines) is 1. The molecule has 0 N–H and O–H groups in total. The Morgan fingerprint density at radius 1 is 1.39 bits per heavy atom. The number of ether oxygens (including phenoxy) is 1. The molecule has 96 valence electrons. The van der Waals surface area contributed by atoms with Gasteiger partial charge in [-0.3, -0.25) is 4.90 Å². The van der Waals surface area contributed by atoms with Crippen LogP contribution < -0.4 is 4.74 Å². The molecule has 2 rings (SSSR count). The molecule has 0 aliphatic carbocycles. The molecule has 1 atom stereocenters. The predicted octanol–water partition coefficient (Wildman–Crippen LogP) is 2.47. The van der Waals surface area contributed by atoms with Crippen molar-refractivity contribution < 1.29 is 4.74 Å². The number of hydrogen-bond donors (Lipinski definition) is 0. The largest absolute Gasteiger partial charge is 0.492 e. The van der Waals surface area contributed by atoms with Crippen molar-refractivity contribution >= 4 is 0 Å². The second-order valence-corrected chi connectivity index (χ2v) is 5.02. The van der Waals surface area contributed by atoms with Crippen LogP contribution in [-0.2, 0) is 6.42 Å². The van der Waals surface area contributed by atoms with E-state index in [-0.39, 0.29) is 0 Å². The summed E-state index contributed by atoms with van der Waals surface area (Å²) in [5.74, 6) is 1.72. The van der Waals surface area contributed by atoms with Gasteiger partial charge in [0.2, 0.25) is 0 Å². The van der Waals surface area contributed by atoms with Gasteiger partial charge in [0, 0.05) is 13.1 Å². The highest BCUT2D eigenvalue weighted by Crippen LogP contribution is 2.15. The van der Waals surface area contributed by atoms with Crippen molar-refractivity contribution in [2.24, 2.45) is 5.92 Å². The van der Waals surface area contributed by atoms with E-state index in [0.29, 0.717) is 6.42 Å². The Morgan fingerprint density at radius 2 is 2.17 bits per heavy atom. The third kappa shape index (κ3) is 3.75. The smallest absolute Gasteiger partial charge is 0.119 e. The Kier molecular flexibility index (Phi) is 4.60. The number of hydrogen-bond acceptors (Lipinski definition) is 3. The minimum Gasteiger partial charge on any atom is -0.492 e. The van der Waals surface area contributed by atoms with Crippen LogP contribution >= 0.6 is 0 Å². The van der Waals surface area contributed by atoms with Gasteiger partial charge in [-0.15, -0.1) is 0 Å². The van der Waals surface area contributed by atoms with E-state index in [1.54, 1.807) is 0 Å². The number of nitriles is 1. The normalized spacial score (nSPS) is 19.7. The summed E-state index contributed by atoms with van der Waals surface area (Å²) in [4.78, 5) is 2.45. The van der Waals surface area contributed by atoms with E-state index in [4.69, 9.17) is 10.00 Å². The third-order valence-corrected chi connectivity index (χ3v) is 3.39. The molecule has 1 fully saturated rings. The second-order valence-electron chi connectivity index (χ2n) is 5.02. The zero-order valence-corrected chi connectivity index (χ0v) is 10.9. The summed E-state index contributed by atoms with van der Waals surface area (Å²) in [7, 11) is 0. The van der Waals surface area contributed by atoms with Gasteiger partial charge < -0.3 is 4.74 Å². The molecule has 1 saturated heterocycles. The maximum absolute atomic E-state index is 8.59. The Balaban J connectivity index is 1.71. The molecule has 1 aromatic carbocycles. The van der Waals surface area contributed by atoms with Crippen molar-refractivity contribution in [3.8, 4) is 11.8 Å². The van der Waals surface area contributed by atoms with Crippen molar-refractivity contribution in [3.63, 3.8) is 0 Å². The van der Waals surface area contributed by atoms with Crippen molar-refractivity contribution in [1.82, 2.24) is 4.90 Å². The van der Waals surface area contributed by atoms with E-state index in [9.17, 15) is 0 Å². The van der Waals surface area contributed by atoms with E-state index in [0.717, 1.165) is 30.4 Å². The maximum Gasteiger partial charge on any atom is 0.119 e. The molecule has 0 bridgehead atoms. The fraction of sp³-hybridized carbons (Fsp3) is 0.533. The molecule has 3 heteroatoms. The summed E-state index contributed by atoms with van der Waals surface area (Å²) >= 11 is 0. The molecular formula is C15H20N2O. The highest BCUT2D eigenvalue weighted by molar-refractivity contribution is 5.28. The molecule has 0 aromatic heterocycles. The molecule has 1 aromatic rings. The molecular weight excluding hydrogens is 224 g/mol. The number of benzene rings is 1. The summed E-state index contributed by atoms with van der Waals surface area (Å²) in [5, 5.41) is 8.59. The standard InChI is InChI=1S/C15H20N2O/c1-13-7-9-17(12-13)10-11-18-15-4-2-14(3-5-15)6-8-16/h2-5,13H,6-7,9-12H2,1H3. The fourth-order valence-corrected chi connectivity index (χ4v) is 2.32. The van der Waals surface area contributed by atoms with Crippen LogP contribution in [0.5, 0.6) is 5.75 Å². The first-order valence-electron chi connectivity index (χ1n) is 6.59. The average Bonchev–Trinajstić information content (AvgIpc) is 2.78. The summed E-state index contributed by atoms with van der Waals surface area (Å²) < 4.78 is 5.71. The first-order chi connectivity index (χ1) is 8.78. The van der Waals surface area contributed by atoms with E-state index < -0.39 is 0 Å². The molecule has 0 amide bonds. The van der Waals surface area contributed by atoms with Crippen molar-refractivity contribution in [1.29, 1.82) is 5.26 Å². The summed E-state index contributed by atoms with van der Waals surface area (Å²) in [5.41, 5.74) is 1.04. The van der Waals surface area contributed by atoms with Gasteiger partial charge in [-0.1, -0.05) is 19.1 Å². The van der Waals surface area contributed by atoms with Crippen molar-refractivity contribution in [2.75, 3.05) is 26.2 Å². The van der Waals surface area contributed by atoms with E-state index in [1.165, 1.54) is 19.5 Å². The van der Waals surface area contributed by atoms with Gasteiger partial charge in [0.05, 0.1) is 12.5 Å². The van der Waals surface area contributed by atoms with Crippen LogP contribution in [0.1, 0.15) is 18.9 Å². The predicted molar refractivity (Wildman–Crippen MR) is 71.5 cm³/mol. The lowest BCUT2D eigenvalue weighted by atomic mass is 10.2. The second kappa shape index (κ2) is 6.42. The Hall–Kier alpha value is -1.53. The van der Waals surface area contributed by atoms with Crippen LogP contribution in [0.2, 0.25) is 0 Å². The minimum atomic E-state index is 0.464. The first-order valence-corrected chi connectivity index (χ1v) is 6.59. The Morgan fingerprint density at radius 3 is 2.78 bits per heavy atom. The van der Waals surface area contributed by atoms with Crippen LogP contribution in [0, 0.1) is 17.2 Å². The zero-order valence-electron chi connectivity index (χ0n) is 10.9.